The van der Waals surface area contributed by atoms with Crippen molar-refractivity contribution in [2.45, 2.75) is 27.2 Å². The highest BCUT2D eigenvalue weighted by molar-refractivity contribution is 4.97. The average molecular weight is 141 g/mol. The van der Waals surface area contributed by atoms with Gasteiger partial charge in [-0.15, -0.1) is 0 Å². The molecule has 0 rings (SSSR count). The second-order valence-electron chi connectivity index (χ2n) is 1.92. The number of allylic oxidation sites excluding steroid dienone is 3. The molecule has 0 bridgehead atoms. The molecule has 0 heterocycles. The van der Waals surface area contributed by atoms with Gasteiger partial charge in [0.1, 0.15) is 5.76 Å². The van der Waals surface area contributed by atoms with E-state index in [1.807, 2.05) is 13.8 Å². The summed E-state index contributed by atoms with van der Waals surface area (Å²) in [5, 5.41) is 10.7. The van der Waals surface area contributed by atoms with Crippen LogP contribution in [0.2, 0.25) is 0 Å². The van der Waals surface area contributed by atoms with E-state index >= 15 is 0 Å². The molecule has 0 amide bonds. The lowest BCUT2D eigenvalue weighted by Crippen LogP contribution is -1.86. The first-order valence-electron chi connectivity index (χ1n) is 3.37. The molecule has 0 fully saturated rings. The molecule has 0 aromatic carbocycles. The molecule has 0 N–H and O–H groups in total. The normalized spacial score (nSPS) is 13.5. The average Bonchev–Trinajstić information content (AvgIpc) is 1.89. The molecule has 0 saturated heterocycles. The molecule has 0 spiro atoms. The standard InChI is InChI=1S/C8H13O2/c1-4-6-10-8(5-2)7(3)9/h4,6H,5H2,1-3H3. The largest absolute Gasteiger partial charge is 0.466 e. The third-order valence-corrected chi connectivity index (χ3v) is 1.06. The molecule has 0 aliphatic rings. The maximum Gasteiger partial charge on any atom is 0.190 e. The van der Waals surface area contributed by atoms with Crippen LogP contribution >= 0.6 is 0 Å². The molecule has 0 aromatic heterocycles. The van der Waals surface area contributed by atoms with Crippen LogP contribution in [0.1, 0.15) is 27.2 Å². The monoisotopic (exact) mass is 141 g/mol. The Morgan fingerprint density at radius 3 is 2.50 bits per heavy atom. The van der Waals surface area contributed by atoms with Crippen LogP contribution < -0.4 is 0 Å². The van der Waals surface area contributed by atoms with E-state index in [0.29, 0.717) is 12.2 Å². The van der Waals surface area contributed by atoms with Crippen molar-refractivity contribution in [3.63, 3.8) is 0 Å². The van der Waals surface area contributed by atoms with Crippen molar-refractivity contribution >= 4 is 0 Å². The van der Waals surface area contributed by atoms with E-state index in [0.717, 1.165) is 0 Å². The van der Waals surface area contributed by atoms with Crippen molar-refractivity contribution < 1.29 is 9.84 Å². The summed E-state index contributed by atoms with van der Waals surface area (Å²) in [5.41, 5.74) is 0. The first kappa shape index (κ1) is 9.08. The quantitative estimate of drug-likeness (QED) is 0.555. The molecule has 0 atom stereocenters. The predicted molar refractivity (Wildman–Crippen MR) is 39.6 cm³/mol. The zero-order valence-corrected chi connectivity index (χ0v) is 6.68. The minimum absolute atomic E-state index is 0.000556. The van der Waals surface area contributed by atoms with Gasteiger partial charge in [-0.3, -0.25) is 5.11 Å². The number of hydrogen-bond donors (Lipinski definition) is 0. The Hall–Kier alpha value is -0.920. The van der Waals surface area contributed by atoms with E-state index in [4.69, 9.17) is 4.74 Å². The summed E-state index contributed by atoms with van der Waals surface area (Å²) in [5.74, 6) is 0.513. The number of rotatable bonds is 3. The SMILES string of the molecule is CC=COC(CC)=C(C)[O]. The smallest absolute Gasteiger partial charge is 0.190 e. The molecule has 57 valence electrons. The van der Waals surface area contributed by atoms with Crippen LogP contribution in [-0.4, -0.2) is 0 Å². The topological polar surface area (TPSA) is 29.1 Å². The summed E-state index contributed by atoms with van der Waals surface area (Å²) >= 11 is 0. The molecule has 1 radical (unpaired) electrons. The van der Waals surface area contributed by atoms with E-state index in [1.54, 1.807) is 6.08 Å². The molecule has 10 heavy (non-hydrogen) atoms. The third kappa shape index (κ3) is 3.17. The summed E-state index contributed by atoms with van der Waals surface area (Å²) < 4.78 is 4.99. The van der Waals surface area contributed by atoms with E-state index in [9.17, 15) is 5.11 Å². The second kappa shape index (κ2) is 4.91. The van der Waals surface area contributed by atoms with Gasteiger partial charge in [-0.05, 0) is 6.92 Å². The highest BCUT2D eigenvalue weighted by Crippen LogP contribution is 2.07. The van der Waals surface area contributed by atoms with Crippen LogP contribution in [0, 0.1) is 0 Å². The van der Waals surface area contributed by atoms with Gasteiger partial charge in [-0.25, -0.2) is 0 Å². The van der Waals surface area contributed by atoms with Crippen LogP contribution in [0.25, 0.3) is 0 Å². The van der Waals surface area contributed by atoms with E-state index < -0.39 is 0 Å². The van der Waals surface area contributed by atoms with Gasteiger partial charge in [0.15, 0.2) is 5.76 Å². The molecule has 0 aliphatic heterocycles. The fourth-order valence-corrected chi connectivity index (χ4v) is 0.565. The third-order valence-electron chi connectivity index (χ3n) is 1.06. The molecule has 2 heteroatoms. The van der Waals surface area contributed by atoms with E-state index in [-0.39, 0.29) is 5.76 Å². The summed E-state index contributed by atoms with van der Waals surface area (Å²) in [7, 11) is 0. The minimum atomic E-state index is 0.000556. The van der Waals surface area contributed by atoms with Crippen molar-refractivity contribution in [3.8, 4) is 0 Å². The summed E-state index contributed by atoms with van der Waals surface area (Å²) in [6, 6.07) is 0. The van der Waals surface area contributed by atoms with Crippen LogP contribution in [0.5, 0.6) is 0 Å². The highest BCUT2D eigenvalue weighted by atomic mass is 16.5. The molecule has 2 nitrogen and oxygen atoms in total. The van der Waals surface area contributed by atoms with Gasteiger partial charge in [0, 0.05) is 13.3 Å². The van der Waals surface area contributed by atoms with Crippen molar-refractivity contribution in [3.05, 3.63) is 23.9 Å². The summed E-state index contributed by atoms with van der Waals surface area (Å²) in [6.45, 7) is 5.23. The Morgan fingerprint density at radius 2 is 2.20 bits per heavy atom. The Morgan fingerprint density at radius 1 is 1.60 bits per heavy atom. The van der Waals surface area contributed by atoms with Gasteiger partial charge in [-0.2, -0.15) is 0 Å². The van der Waals surface area contributed by atoms with Gasteiger partial charge in [-0.1, -0.05) is 13.0 Å². The lowest BCUT2D eigenvalue weighted by atomic mass is 10.3. The Balaban J connectivity index is 3.97. The molecule has 0 aliphatic carbocycles. The zero-order chi connectivity index (χ0) is 7.98. The summed E-state index contributed by atoms with van der Waals surface area (Å²) in [6.07, 6.45) is 3.92. The molecule has 0 aromatic rings. The predicted octanol–water partition coefficient (Wildman–Crippen LogP) is 2.61. The van der Waals surface area contributed by atoms with Crippen molar-refractivity contribution in [2.75, 3.05) is 0 Å². The van der Waals surface area contributed by atoms with Crippen LogP contribution in [-0.2, 0) is 9.84 Å². The lowest BCUT2D eigenvalue weighted by Gasteiger charge is -2.00. The Labute approximate surface area is 61.8 Å². The molecule has 0 saturated carbocycles. The van der Waals surface area contributed by atoms with E-state index in [1.165, 1.54) is 13.2 Å². The molecular weight excluding hydrogens is 128 g/mol. The van der Waals surface area contributed by atoms with Gasteiger partial charge in [0.25, 0.3) is 0 Å². The van der Waals surface area contributed by atoms with Crippen LogP contribution in [0.3, 0.4) is 0 Å². The fraction of sp³-hybridized carbons (Fsp3) is 0.500. The van der Waals surface area contributed by atoms with Crippen LogP contribution in [0.15, 0.2) is 23.9 Å². The Kier molecular flexibility index (Phi) is 4.46. The van der Waals surface area contributed by atoms with E-state index in [2.05, 4.69) is 0 Å². The maximum absolute atomic E-state index is 10.7. The first-order chi connectivity index (χ1) is 4.72. The number of ether oxygens (including phenoxy) is 1. The van der Waals surface area contributed by atoms with Gasteiger partial charge >= 0.3 is 0 Å². The Bertz CT molecular complexity index is 141. The van der Waals surface area contributed by atoms with Gasteiger partial charge in [0.05, 0.1) is 6.26 Å². The van der Waals surface area contributed by atoms with Crippen LogP contribution in [0.4, 0.5) is 0 Å². The summed E-state index contributed by atoms with van der Waals surface area (Å²) in [4.78, 5) is 0. The minimum Gasteiger partial charge on any atom is -0.466 e. The molecule has 0 unspecified atom stereocenters. The molecular formula is C8H13O2. The van der Waals surface area contributed by atoms with Gasteiger partial charge < -0.3 is 4.74 Å². The highest BCUT2D eigenvalue weighted by Gasteiger charge is 1.98. The van der Waals surface area contributed by atoms with Gasteiger partial charge in [0.2, 0.25) is 0 Å². The maximum atomic E-state index is 10.7. The second-order valence-corrected chi connectivity index (χ2v) is 1.92. The zero-order valence-electron chi connectivity index (χ0n) is 6.68. The fourth-order valence-electron chi connectivity index (χ4n) is 0.565. The number of hydrogen-bond acceptors (Lipinski definition) is 1. The lowest BCUT2D eigenvalue weighted by molar-refractivity contribution is 0.238. The van der Waals surface area contributed by atoms with Crippen molar-refractivity contribution in [1.29, 1.82) is 0 Å². The van der Waals surface area contributed by atoms with Crippen molar-refractivity contribution in [1.82, 2.24) is 0 Å². The van der Waals surface area contributed by atoms with Crippen molar-refractivity contribution in [2.24, 2.45) is 0 Å². The first-order valence-corrected chi connectivity index (χ1v) is 3.37.